The van der Waals surface area contributed by atoms with Crippen molar-refractivity contribution in [2.75, 3.05) is 0 Å². The van der Waals surface area contributed by atoms with E-state index in [2.05, 4.69) is 0 Å². The van der Waals surface area contributed by atoms with Gasteiger partial charge in [-0.2, -0.15) is 0 Å². The first-order valence-corrected chi connectivity index (χ1v) is 7.44. The maximum atomic E-state index is 11.8. The fraction of sp³-hybridized carbons (Fsp3) is 0.0476. The van der Waals surface area contributed by atoms with Gasteiger partial charge in [0.2, 0.25) is 0 Å². The van der Waals surface area contributed by atoms with Crippen LogP contribution in [0.2, 0.25) is 0 Å². The molecule has 2 nitrogen and oxygen atoms in total. The van der Waals surface area contributed by atoms with E-state index in [9.17, 15) is 9.59 Å². The van der Waals surface area contributed by atoms with E-state index in [1.807, 2.05) is 48.5 Å². The Morgan fingerprint density at radius 3 is 1.04 bits per heavy atom. The molecule has 0 aliphatic heterocycles. The second-order valence-electron chi connectivity index (χ2n) is 4.91. The summed E-state index contributed by atoms with van der Waals surface area (Å²) < 4.78 is 0. The Labute approximate surface area is 136 Å². The lowest BCUT2D eigenvalue weighted by molar-refractivity contribution is 0.0894. The number of ketones is 2. The molecule has 3 aromatic carbocycles. The molecule has 0 bridgehead atoms. The molecule has 0 N–H and O–H groups in total. The van der Waals surface area contributed by atoms with Crippen molar-refractivity contribution in [3.05, 3.63) is 108 Å². The minimum Gasteiger partial charge on any atom is -0.294 e. The lowest BCUT2D eigenvalue weighted by atomic mass is 10.0. The molecule has 0 unspecified atom stereocenters. The van der Waals surface area contributed by atoms with Crippen LogP contribution in [0.4, 0.5) is 0 Å². The van der Waals surface area contributed by atoms with Crippen LogP contribution >= 0.6 is 0 Å². The van der Waals surface area contributed by atoms with Gasteiger partial charge in [0.15, 0.2) is 11.6 Å². The molecule has 0 fully saturated rings. The molecule has 0 atom stereocenters. The summed E-state index contributed by atoms with van der Waals surface area (Å²) in [6, 6.07) is 29.7. The minimum atomic E-state index is -0.139. The van der Waals surface area contributed by atoms with Crippen LogP contribution in [0.3, 0.4) is 0 Å². The Morgan fingerprint density at radius 2 is 0.739 bits per heavy atom. The molecule has 0 aliphatic rings. The lowest BCUT2D eigenvalue weighted by Gasteiger charge is -2.00. The smallest absolute Gasteiger partial charge is 0.170 e. The van der Waals surface area contributed by atoms with Gasteiger partial charge in [-0.3, -0.25) is 9.59 Å². The van der Waals surface area contributed by atoms with E-state index in [1.165, 1.54) is 0 Å². The fourth-order valence-corrected chi connectivity index (χ4v) is 1.98. The van der Waals surface area contributed by atoms with Gasteiger partial charge in [-0.25, -0.2) is 0 Å². The molecule has 23 heavy (non-hydrogen) atoms. The van der Waals surface area contributed by atoms with E-state index in [0.717, 1.165) is 0 Å². The average molecular weight is 302 g/mol. The van der Waals surface area contributed by atoms with Crippen molar-refractivity contribution in [2.24, 2.45) is 0 Å². The second-order valence-corrected chi connectivity index (χ2v) is 4.91. The molecule has 114 valence electrons. The monoisotopic (exact) mass is 302 g/mol. The molecular formula is C21H18O2. The molecule has 0 saturated heterocycles. The highest BCUT2D eigenvalue weighted by Crippen LogP contribution is 2.08. The van der Waals surface area contributed by atoms with Crippen molar-refractivity contribution >= 4 is 11.6 Å². The standard InChI is InChI=1S/C15H12O2.C6H6/c16-14(12-7-3-1-4-8-12)11-15(17)13-9-5-2-6-10-13;1-2-4-6-5-3-1/h1-10H,11H2;1-6H. The number of carbonyl (C=O) groups is 2. The minimum absolute atomic E-state index is 0.0754. The van der Waals surface area contributed by atoms with Crippen LogP contribution in [0.1, 0.15) is 27.1 Å². The Hall–Kier alpha value is -3.00. The quantitative estimate of drug-likeness (QED) is 0.511. The summed E-state index contributed by atoms with van der Waals surface area (Å²) in [5, 5.41) is 0. The first kappa shape index (κ1) is 16.4. The zero-order chi connectivity index (χ0) is 16.3. The summed E-state index contributed by atoms with van der Waals surface area (Å²) in [5.74, 6) is -0.279. The molecule has 0 aliphatic carbocycles. The summed E-state index contributed by atoms with van der Waals surface area (Å²) in [4.78, 5) is 23.6. The Balaban J connectivity index is 0.000000268. The van der Waals surface area contributed by atoms with Gasteiger partial charge in [0.05, 0.1) is 6.42 Å². The van der Waals surface area contributed by atoms with Crippen molar-refractivity contribution in [3.63, 3.8) is 0 Å². The average Bonchev–Trinajstić information content (AvgIpc) is 2.65. The topological polar surface area (TPSA) is 34.1 Å². The predicted octanol–water partition coefficient (Wildman–Crippen LogP) is 4.83. The first-order chi connectivity index (χ1) is 11.3. The number of hydrogen-bond donors (Lipinski definition) is 0. The number of Topliss-reactive ketones (excluding diaryl/α,β-unsaturated/α-hetero) is 2. The molecule has 2 heteroatoms. The summed E-state index contributed by atoms with van der Waals surface area (Å²) >= 11 is 0. The van der Waals surface area contributed by atoms with E-state index in [1.54, 1.807) is 48.5 Å². The third kappa shape index (κ3) is 5.71. The maximum Gasteiger partial charge on any atom is 0.170 e. The Kier molecular flexibility index (Phi) is 6.48. The summed E-state index contributed by atoms with van der Waals surface area (Å²) in [6.07, 6.45) is -0.0754. The molecule has 0 spiro atoms. The zero-order valence-corrected chi connectivity index (χ0v) is 12.8. The number of carbonyl (C=O) groups excluding carboxylic acids is 2. The number of benzene rings is 3. The largest absolute Gasteiger partial charge is 0.294 e. The highest BCUT2D eigenvalue weighted by atomic mass is 16.1. The van der Waals surface area contributed by atoms with Crippen LogP contribution < -0.4 is 0 Å². The van der Waals surface area contributed by atoms with Gasteiger partial charge in [-0.15, -0.1) is 0 Å². The normalized spacial score (nSPS) is 9.39. The van der Waals surface area contributed by atoms with Gasteiger partial charge in [0.1, 0.15) is 0 Å². The van der Waals surface area contributed by atoms with Crippen molar-refractivity contribution in [1.29, 1.82) is 0 Å². The Bertz CT molecular complexity index is 643. The second kappa shape index (κ2) is 9.11. The van der Waals surface area contributed by atoms with Crippen LogP contribution in [-0.4, -0.2) is 11.6 Å². The lowest BCUT2D eigenvalue weighted by Crippen LogP contribution is -2.08. The van der Waals surface area contributed by atoms with Crippen molar-refractivity contribution in [1.82, 2.24) is 0 Å². The van der Waals surface area contributed by atoms with Crippen LogP contribution in [-0.2, 0) is 0 Å². The highest BCUT2D eigenvalue weighted by molar-refractivity contribution is 6.13. The summed E-state index contributed by atoms with van der Waals surface area (Å²) in [6.45, 7) is 0. The van der Waals surface area contributed by atoms with E-state index in [0.29, 0.717) is 11.1 Å². The molecule has 0 saturated carbocycles. The third-order valence-corrected chi connectivity index (χ3v) is 3.18. The van der Waals surface area contributed by atoms with E-state index in [-0.39, 0.29) is 18.0 Å². The van der Waals surface area contributed by atoms with E-state index < -0.39 is 0 Å². The predicted molar refractivity (Wildman–Crippen MR) is 92.6 cm³/mol. The van der Waals surface area contributed by atoms with Crippen molar-refractivity contribution < 1.29 is 9.59 Å². The molecular weight excluding hydrogens is 284 g/mol. The van der Waals surface area contributed by atoms with Gasteiger partial charge < -0.3 is 0 Å². The van der Waals surface area contributed by atoms with Gasteiger partial charge in [0, 0.05) is 11.1 Å². The molecule has 3 rings (SSSR count). The number of hydrogen-bond acceptors (Lipinski definition) is 2. The van der Waals surface area contributed by atoms with Crippen LogP contribution in [0.25, 0.3) is 0 Å². The summed E-state index contributed by atoms with van der Waals surface area (Å²) in [7, 11) is 0. The maximum absolute atomic E-state index is 11.8. The van der Waals surface area contributed by atoms with E-state index >= 15 is 0 Å². The Morgan fingerprint density at radius 1 is 0.478 bits per heavy atom. The van der Waals surface area contributed by atoms with Gasteiger partial charge >= 0.3 is 0 Å². The summed E-state index contributed by atoms with van der Waals surface area (Å²) in [5.41, 5.74) is 1.16. The van der Waals surface area contributed by atoms with Crippen LogP contribution in [0.5, 0.6) is 0 Å². The van der Waals surface area contributed by atoms with Crippen molar-refractivity contribution in [2.45, 2.75) is 6.42 Å². The number of rotatable bonds is 4. The molecule has 3 aromatic rings. The molecule has 0 aromatic heterocycles. The van der Waals surface area contributed by atoms with Crippen LogP contribution in [0.15, 0.2) is 97.1 Å². The van der Waals surface area contributed by atoms with Gasteiger partial charge in [0.25, 0.3) is 0 Å². The molecule has 0 heterocycles. The third-order valence-electron chi connectivity index (χ3n) is 3.18. The SMILES string of the molecule is O=C(CC(=O)c1ccccc1)c1ccccc1.c1ccccc1. The fourth-order valence-electron chi connectivity index (χ4n) is 1.98. The van der Waals surface area contributed by atoms with Crippen molar-refractivity contribution in [3.8, 4) is 0 Å². The van der Waals surface area contributed by atoms with Gasteiger partial charge in [-0.1, -0.05) is 97.1 Å². The molecule has 0 radical (unpaired) electrons. The van der Waals surface area contributed by atoms with E-state index in [4.69, 9.17) is 0 Å². The van der Waals surface area contributed by atoms with Gasteiger partial charge in [-0.05, 0) is 0 Å². The molecule has 0 amide bonds. The van der Waals surface area contributed by atoms with Crippen LogP contribution in [0, 0.1) is 0 Å². The zero-order valence-electron chi connectivity index (χ0n) is 12.8. The highest BCUT2D eigenvalue weighted by Gasteiger charge is 2.12. The first-order valence-electron chi connectivity index (χ1n) is 7.44.